The molecule has 0 saturated heterocycles. The average molecular weight is 496 g/mol. The van der Waals surface area contributed by atoms with Crippen LogP contribution in [0.2, 0.25) is 10.0 Å². The smallest absolute Gasteiger partial charge is 0.269 e. The van der Waals surface area contributed by atoms with Crippen molar-refractivity contribution < 1.29 is 4.79 Å². The van der Waals surface area contributed by atoms with Crippen LogP contribution < -0.4 is 0 Å². The molecule has 2 aliphatic rings. The highest BCUT2D eigenvalue weighted by molar-refractivity contribution is 6.57. The van der Waals surface area contributed by atoms with Crippen molar-refractivity contribution in [2.24, 2.45) is 16.9 Å². The van der Waals surface area contributed by atoms with Crippen LogP contribution in [0.3, 0.4) is 0 Å². The largest absolute Gasteiger partial charge is 0.279 e. The van der Waals surface area contributed by atoms with Gasteiger partial charge in [0.2, 0.25) is 0 Å². The number of halogens is 4. The van der Waals surface area contributed by atoms with Gasteiger partial charge in [-0.05, 0) is 72.7 Å². The fourth-order valence-corrected chi connectivity index (χ4v) is 4.84. The average Bonchev–Trinajstić information content (AvgIpc) is 3.08. The van der Waals surface area contributed by atoms with Crippen LogP contribution in [0, 0.1) is 11.8 Å². The molecular weight excluding hydrogens is 474 g/mol. The van der Waals surface area contributed by atoms with Crippen molar-refractivity contribution in [2.45, 2.75) is 37.1 Å². The molecule has 4 rings (SSSR count). The Labute approximate surface area is 202 Å². The lowest BCUT2D eigenvalue weighted by molar-refractivity contribution is -0.134. The molecule has 2 aromatic carbocycles. The Bertz CT molecular complexity index is 1040. The summed E-state index contributed by atoms with van der Waals surface area (Å²) in [7, 11) is 0. The molecule has 1 saturated carbocycles. The van der Waals surface area contributed by atoms with Crippen LogP contribution in [0.5, 0.6) is 0 Å². The number of alkyl halides is 2. The summed E-state index contributed by atoms with van der Waals surface area (Å²) in [5.41, 5.74) is 4.03. The second-order valence-electron chi connectivity index (χ2n) is 8.39. The highest BCUT2D eigenvalue weighted by Gasteiger charge is 2.48. The molecule has 3 unspecified atom stereocenters. The zero-order chi connectivity index (χ0) is 22.3. The van der Waals surface area contributed by atoms with Crippen LogP contribution in [-0.4, -0.2) is 21.0 Å². The van der Waals surface area contributed by atoms with Crippen LogP contribution in [0.1, 0.15) is 43.9 Å². The Balaban J connectivity index is 1.80. The van der Waals surface area contributed by atoms with Gasteiger partial charge in [-0.3, -0.25) is 4.79 Å². The maximum absolute atomic E-state index is 13.1. The molecular formula is C24H22Cl4N2O. The van der Waals surface area contributed by atoms with Crippen molar-refractivity contribution in [2.75, 3.05) is 0 Å². The summed E-state index contributed by atoms with van der Waals surface area (Å²) < 4.78 is -1.58. The molecule has 162 valence electrons. The summed E-state index contributed by atoms with van der Waals surface area (Å²) in [6.07, 6.45) is 3.92. The van der Waals surface area contributed by atoms with Crippen LogP contribution >= 0.6 is 46.4 Å². The van der Waals surface area contributed by atoms with Crippen LogP contribution in [-0.2, 0) is 4.79 Å². The first-order valence-electron chi connectivity index (χ1n) is 10.2. The molecule has 0 N–H and O–H groups in total. The van der Waals surface area contributed by atoms with E-state index in [0.29, 0.717) is 16.0 Å². The number of nitrogens with zero attached hydrogens (tertiary/aromatic N) is 2. The van der Waals surface area contributed by atoms with E-state index in [1.54, 1.807) is 0 Å². The zero-order valence-corrected chi connectivity index (χ0v) is 20.2. The normalized spacial score (nSPS) is 24.8. The number of rotatable bonds is 3. The third-order valence-electron chi connectivity index (χ3n) is 5.77. The second kappa shape index (κ2) is 8.78. The predicted molar refractivity (Wildman–Crippen MR) is 130 cm³/mol. The van der Waals surface area contributed by atoms with Gasteiger partial charge in [0.1, 0.15) is 0 Å². The lowest BCUT2D eigenvalue weighted by Gasteiger charge is -2.33. The third kappa shape index (κ3) is 4.80. The molecule has 0 radical (unpaired) electrons. The SMILES string of the molecule is CC1C/C(=C/c2ccc(Cl)cc2)C2=NN(C(=O)C(C)(Cl)Cl)C(c3ccc(Cl)cc3)C2C1. The summed E-state index contributed by atoms with van der Waals surface area (Å²) in [6, 6.07) is 14.9. The number of hydrazone groups is 1. The van der Waals surface area contributed by atoms with Gasteiger partial charge in [-0.2, -0.15) is 5.10 Å². The molecule has 1 aliphatic carbocycles. The van der Waals surface area contributed by atoms with Crippen LogP contribution in [0.4, 0.5) is 0 Å². The fourth-order valence-electron chi connectivity index (χ4n) is 4.41. The zero-order valence-electron chi connectivity index (χ0n) is 17.2. The van der Waals surface area contributed by atoms with Gasteiger partial charge in [-0.25, -0.2) is 5.01 Å². The van der Waals surface area contributed by atoms with Gasteiger partial charge in [0.05, 0.1) is 11.8 Å². The molecule has 0 spiro atoms. The molecule has 31 heavy (non-hydrogen) atoms. The molecule has 0 aromatic heterocycles. The number of carbonyl (C=O) groups is 1. The summed E-state index contributed by atoms with van der Waals surface area (Å²) in [4.78, 5) is 13.1. The second-order valence-corrected chi connectivity index (χ2v) is 11.0. The van der Waals surface area contributed by atoms with E-state index in [-0.39, 0.29) is 12.0 Å². The van der Waals surface area contributed by atoms with E-state index in [9.17, 15) is 4.79 Å². The van der Waals surface area contributed by atoms with E-state index >= 15 is 0 Å². The molecule has 1 aliphatic heterocycles. The molecule has 1 amide bonds. The van der Waals surface area contributed by atoms with Gasteiger partial charge in [-0.1, -0.05) is 77.6 Å². The number of amides is 1. The lowest BCUT2D eigenvalue weighted by atomic mass is 9.73. The molecule has 1 heterocycles. The van der Waals surface area contributed by atoms with Crippen molar-refractivity contribution in [1.29, 1.82) is 0 Å². The minimum absolute atomic E-state index is 0.0445. The summed E-state index contributed by atoms with van der Waals surface area (Å²) in [5.74, 6) is 0.0463. The van der Waals surface area contributed by atoms with Gasteiger partial charge in [0, 0.05) is 16.0 Å². The van der Waals surface area contributed by atoms with Crippen molar-refractivity contribution in [3.05, 3.63) is 75.3 Å². The van der Waals surface area contributed by atoms with Crippen molar-refractivity contribution in [3.8, 4) is 0 Å². The van der Waals surface area contributed by atoms with E-state index < -0.39 is 10.2 Å². The number of carbonyl (C=O) groups excluding carboxylic acids is 1. The highest BCUT2D eigenvalue weighted by Crippen LogP contribution is 2.47. The molecule has 7 heteroatoms. The van der Waals surface area contributed by atoms with E-state index in [0.717, 1.165) is 35.3 Å². The fraction of sp³-hybridized carbons (Fsp3) is 0.333. The Morgan fingerprint density at radius 1 is 1.06 bits per heavy atom. The van der Waals surface area contributed by atoms with Gasteiger partial charge in [-0.15, -0.1) is 0 Å². The van der Waals surface area contributed by atoms with Crippen molar-refractivity contribution in [3.63, 3.8) is 0 Å². The predicted octanol–water partition coefficient (Wildman–Crippen LogP) is 7.56. The number of hydrogen-bond acceptors (Lipinski definition) is 2. The Kier molecular flexibility index (Phi) is 6.42. The standard InChI is InChI=1S/C24H22Cl4N2O/c1-14-11-17(13-15-3-7-18(25)8-4-15)21-20(12-14)22(16-5-9-19(26)10-6-16)30(29-21)23(31)24(2,27)28/h3-10,13-14,20,22H,11-12H2,1-2H3/b17-13-. The Hall–Kier alpha value is -1.52. The van der Waals surface area contributed by atoms with E-state index in [4.69, 9.17) is 51.5 Å². The van der Waals surface area contributed by atoms with Crippen LogP contribution in [0.25, 0.3) is 6.08 Å². The first-order chi connectivity index (χ1) is 14.6. The van der Waals surface area contributed by atoms with Gasteiger partial charge >= 0.3 is 0 Å². The topological polar surface area (TPSA) is 32.7 Å². The molecule has 3 atom stereocenters. The molecule has 0 bridgehead atoms. The quantitative estimate of drug-likeness (QED) is 0.404. The monoisotopic (exact) mass is 494 g/mol. The summed E-state index contributed by atoms with van der Waals surface area (Å²) in [5, 5.41) is 7.59. The molecule has 1 fully saturated rings. The first kappa shape index (κ1) is 22.7. The first-order valence-corrected chi connectivity index (χ1v) is 11.7. The van der Waals surface area contributed by atoms with Crippen molar-refractivity contribution >= 4 is 64.1 Å². The van der Waals surface area contributed by atoms with E-state index in [1.807, 2.05) is 48.5 Å². The minimum atomic E-state index is -1.58. The minimum Gasteiger partial charge on any atom is -0.269 e. The number of fused-ring (bicyclic) bond motifs is 1. The highest BCUT2D eigenvalue weighted by atomic mass is 35.5. The Morgan fingerprint density at radius 2 is 1.65 bits per heavy atom. The van der Waals surface area contributed by atoms with E-state index in [1.165, 1.54) is 11.9 Å². The summed E-state index contributed by atoms with van der Waals surface area (Å²) in [6.45, 7) is 3.70. The summed E-state index contributed by atoms with van der Waals surface area (Å²) >= 11 is 24.6. The number of allylic oxidation sites excluding steroid dienone is 1. The maximum Gasteiger partial charge on any atom is 0.279 e. The van der Waals surface area contributed by atoms with Gasteiger partial charge < -0.3 is 0 Å². The number of benzene rings is 2. The molecule has 3 nitrogen and oxygen atoms in total. The van der Waals surface area contributed by atoms with Crippen LogP contribution in [0.15, 0.2) is 59.2 Å². The van der Waals surface area contributed by atoms with Gasteiger partial charge in [0.25, 0.3) is 5.91 Å². The lowest BCUT2D eigenvalue weighted by Crippen LogP contribution is -2.39. The third-order valence-corrected chi connectivity index (χ3v) is 6.60. The van der Waals surface area contributed by atoms with E-state index in [2.05, 4.69) is 13.0 Å². The number of hydrogen-bond donors (Lipinski definition) is 0. The van der Waals surface area contributed by atoms with Crippen molar-refractivity contribution in [1.82, 2.24) is 5.01 Å². The Morgan fingerprint density at radius 3 is 2.23 bits per heavy atom. The van der Waals surface area contributed by atoms with Gasteiger partial charge in [0.15, 0.2) is 4.33 Å². The molecule has 2 aromatic rings. The maximum atomic E-state index is 13.1.